The van der Waals surface area contributed by atoms with Crippen LogP contribution in [0.5, 0.6) is 0 Å². The van der Waals surface area contributed by atoms with E-state index in [0.717, 1.165) is 13.0 Å². The molecule has 3 aromatic carbocycles. The van der Waals surface area contributed by atoms with Crippen molar-refractivity contribution >= 4 is 23.8 Å². The molecule has 4 rings (SSSR count). The molecule has 0 aromatic heterocycles. The average Bonchev–Trinajstić information content (AvgIpc) is 2.76. The van der Waals surface area contributed by atoms with Gasteiger partial charge in [0.15, 0.2) is 0 Å². The molecule has 0 aliphatic heterocycles. The number of nitrogens with two attached hydrogens (primary N) is 1. The molecule has 0 bridgehead atoms. The van der Waals surface area contributed by atoms with E-state index < -0.39 is 7.92 Å². The fourth-order valence-electron chi connectivity index (χ4n) is 4.11. The Morgan fingerprint density at radius 2 is 1.32 bits per heavy atom. The number of benzene rings is 3. The highest BCUT2D eigenvalue weighted by Gasteiger charge is 2.23. The van der Waals surface area contributed by atoms with Crippen LogP contribution < -0.4 is 27.0 Å². The summed E-state index contributed by atoms with van der Waals surface area (Å²) in [6, 6.07) is 31.5. The Bertz CT molecular complexity index is 826. The van der Waals surface area contributed by atoms with E-state index in [9.17, 15) is 0 Å². The fourth-order valence-corrected chi connectivity index (χ4v) is 6.58. The second-order valence-electron chi connectivity index (χ2n) is 7.57. The Kier molecular flexibility index (Phi) is 6.54. The Labute approximate surface area is 169 Å². The summed E-state index contributed by atoms with van der Waals surface area (Å²) in [7, 11) is -0.578. The van der Waals surface area contributed by atoms with Crippen LogP contribution in [0.15, 0.2) is 84.9 Å². The Hall–Kier alpha value is -1.99. The van der Waals surface area contributed by atoms with E-state index in [0.29, 0.717) is 6.04 Å². The van der Waals surface area contributed by atoms with Crippen molar-refractivity contribution in [2.45, 2.75) is 44.3 Å². The Morgan fingerprint density at radius 3 is 1.96 bits per heavy atom. The van der Waals surface area contributed by atoms with Gasteiger partial charge in [0, 0.05) is 18.6 Å². The van der Waals surface area contributed by atoms with Gasteiger partial charge in [0.1, 0.15) is 0 Å². The van der Waals surface area contributed by atoms with Gasteiger partial charge in [-0.1, -0.05) is 97.8 Å². The van der Waals surface area contributed by atoms with Crippen LogP contribution in [0.4, 0.5) is 0 Å². The molecule has 0 unspecified atom stereocenters. The van der Waals surface area contributed by atoms with Crippen LogP contribution in [0.1, 0.15) is 31.2 Å². The van der Waals surface area contributed by atoms with Crippen LogP contribution in [0.3, 0.4) is 0 Å². The number of rotatable bonds is 6. The minimum Gasteiger partial charge on any atom is -0.326 e. The number of hydrogen-bond acceptors (Lipinski definition) is 2. The molecule has 3 aromatic rings. The van der Waals surface area contributed by atoms with E-state index >= 15 is 0 Å². The van der Waals surface area contributed by atoms with E-state index in [1.807, 2.05) is 0 Å². The molecule has 0 heterocycles. The molecule has 2 nitrogen and oxygen atoms in total. The molecule has 0 radical (unpaired) electrons. The van der Waals surface area contributed by atoms with Crippen LogP contribution in [-0.2, 0) is 6.54 Å². The molecule has 1 aliphatic carbocycles. The zero-order chi connectivity index (χ0) is 19.2. The van der Waals surface area contributed by atoms with Crippen molar-refractivity contribution in [2.24, 2.45) is 5.73 Å². The molecule has 0 amide bonds. The molecule has 1 fully saturated rings. The van der Waals surface area contributed by atoms with Crippen molar-refractivity contribution in [3.05, 3.63) is 90.5 Å². The maximum Gasteiger partial charge on any atom is 0.0222 e. The van der Waals surface area contributed by atoms with Gasteiger partial charge in [-0.2, -0.15) is 0 Å². The predicted octanol–water partition coefficient (Wildman–Crippen LogP) is 3.80. The maximum absolute atomic E-state index is 6.36. The summed E-state index contributed by atoms with van der Waals surface area (Å²) >= 11 is 0. The summed E-state index contributed by atoms with van der Waals surface area (Å²) in [6.07, 6.45) is 4.88. The van der Waals surface area contributed by atoms with Crippen molar-refractivity contribution in [1.82, 2.24) is 5.32 Å². The lowest BCUT2D eigenvalue weighted by Gasteiger charge is -2.30. The summed E-state index contributed by atoms with van der Waals surface area (Å²) in [5.74, 6) is 0. The van der Waals surface area contributed by atoms with Crippen molar-refractivity contribution in [1.29, 1.82) is 0 Å². The van der Waals surface area contributed by atoms with Gasteiger partial charge in [-0.25, -0.2) is 0 Å². The standard InChI is InChI=1S/C25H29N2P/c26-23-16-8-9-17-24(23)27-19-20-11-7-10-18-25(20)28(21-12-3-1-4-13-21)22-14-5-2-6-15-22/h1-7,10-15,18,23-24,27H,8-9,16-17,19,26H2/t23-,24-/m1/s1. The molecular weight excluding hydrogens is 359 g/mol. The van der Waals surface area contributed by atoms with Crippen LogP contribution in [-0.4, -0.2) is 12.1 Å². The zero-order valence-corrected chi connectivity index (χ0v) is 17.2. The normalized spacial score (nSPS) is 19.6. The summed E-state index contributed by atoms with van der Waals surface area (Å²) in [6.45, 7) is 0.882. The highest BCUT2D eigenvalue weighted by atomic mass is 31.1. The third-order valence-electron chi connectivity index (χ3n) is 5.64. The first-order chi connectivity index (χ1) is 13.8. The van der Waals surface area contributed by atoms with E-state index in [4.69, 9.17) is 5.73 Å². The van der Waals surface area contributed by atoms with Gasteiger partial charge in [0.25, 0.3) is 0 Å². The smallest absolute Gasteiger partial charge is 0.0222 e. The maximum atomic E-state index is 6.36. The van der Waals surface area contributed by atoms with Crippen molar-refractivity contribution in [3.8, 4) is 0 Å². The van der Waals surface area contributed by atoms with Gasteiger partial charge in [-0.15, -0.1) is 0 Å². The van der Waals surface area contributed by atoms with Crippen LogP contribution in [0.2, 0.25) is 0 Å². The van der Waals surface area contributed by atoms with E-state index in [-0.39, 0.29) is 6.04 Å². The van der Waals surface area contributed by atoms with Crippen molar-refractivity contribution in [2.75, 3.05) is 0 Å². The van der Waals surface area contributed by atoms with Crippen LogP contribution >= 0.6 is 7.92 Å². The third kappa shape index (κ3) is 4.52. The van der Waals surface area contributed by atoms with E-state index in [2.05, 4.69) is 90.2 Å². The summed E-state index contributed by atoms with van der Waals surface area (Å²) in [4.78, 5) is 0. The molecular formula is C25H29N2P. The lowest BCUT2D eigenvalue weighted by molar-refractivity contribution is 0.327. The monoisotopic (exact) mass is 388 g/mol. The van der Waals surface area contributed by atoms with Gasteiger partial charge in [0.2, 0.25) is 0 Å². The molecule has 144 valence electrons. The molecule has 28 heavy (non-hydrogen) atoms. The van der Waals surface area contributed by atoms with Gasteiger partial charge in [-0.3, -0.25) is 0 Å². The first-order valence-electron chi connectivity index (χ1n) is 10.3. The third-order valence-corrected chi connectivity index (χ3v) is 8.18. The SMILES string of the molecule is N[C@@H]1CCCC[C@H]1NCc1ccccc1P(c1ccccc1)c1ccccc1. The fraction of sp³-hybridized carbons (Fsp3) is 0.280. The first-order valence-corrected chi connectivity index (χ1v) is 11.6. The van der Waals surface area contributed by atoms with E-state index in [1.165, 1.54) is 40.7 Å². The van der Waals surface area contributed by atoms with Gasteiger partial charge >= 0.3 is 0 Å². The van der Waals surface area contributed by atoms with E-state index in [1.54, 1.807) is 0 Å². The molecule has 3 heteroatoms. The largest absolute Gasteiger partial charge is 0.326 e. The minimum absolute atomic E-state index is 0.283. The van der Waals surface area contributed by atoms with Crippen LogP contribution in [0.25, 0.3) is 0 Å². The quantitative estimate of drug-likeness (QED) is 0.631. The molecule has 2 atom stereocenters. The highest BCUT2D eigenvalue weighted by Crippen LogP contribution is 2.34. The minimum atomic E-state index is -0.578. The molecule has 0 spiro atoms. The number of nitrogens with one attached hydrogen (secondary N) is 1. The molecule has 3 N–H and O–H groups in total. The zero-order valence-electron chi connectivity index (χ0n) is 16.3. The second kappa shape index (κ2) is 9.47. The van der Waals surface area contributed by atoms with Crippen molar-refractivity contribution < 1.29 is 0 Å². The topological polar surface area (TPSA) is 38.0 Å². The second-order valence-corrected chi connectivity index (χ2v) is 9.76. The number of hydrogen-bond donors (Lipinski definition) is 2. The lowest BCUT2D eigenvalue weighted by atomic mass is 9.91. The summed E-state index contributed by atoms with van der Waals surface area (Å²) in [5.41, 5.74) is 7.75. The Balaban J connectivity index is 1.66. The molecule has 0 saturated heterocycles. The lowest BCUT2D eigenvalue weighted by Crippen LogP contribution is -2.47. The van der Waals surface area contributed by atoms with Crippen molar-refractivity contribution in [3.63, 3.8) is 0 Å². The van der Waals surface area contributed by atoms with Crippen LogP contribution in [0, 0.1) is 0 Å². The first kappa shape index (κ1) is 19.3. The van der Waals surface area contributed by atoms with Gasteiger partial charge < -0.3 is 11.1 Å². The van der Waals surface area contributed by atoms with Gasteiger partial charge in [0.05, 0.1) is 0 Å². The highest BCUT2D eigenvalue weighted by molar-refractivity contribution is 7.79. The molecule has 1 aliphatic rings. The summed E-state index contributed by atoms with van der Waals surface area (Å²) < 4.78 is 0. The predicted molar refractivity (Wildman–Crippen MR) is 122 cm³/mol. The average molecular weight is 388 g/mol. The summed E-state index contributed by atoms with van der Waals surface area (Å²) in [5, 5.41) is 8.00. The Morgan fingerprint density at radius 1 is 0.750 bits per heavy atom. The van der Waals surface area contributed by atoms with Gasteiger partial charge in [-0.05, 0) is 42.2 Å². The molecule has 1 saturated carbocycles.